The van der Waals surface area contributed by atoms with Gasteiger partial charge in [0.05, 0.1) is 5.69 Å². The Morgan fingerprint density at radius 3 is 2.67 bits per heavy atom. The molecule has 2 rings (SSSR count). The molecular formula is C11H12FN3. The predicted molar refractivity (Wildman–Crippen MR) is 56.7 cm³/mol. The molecule has 0 bridgehead atoms. The number of benzene rings is 1. The van der Waals surface area contributed by atoms with Crippen LogP contribution in [0, 0.1) is 5.82 Å². The summed E-state index contributed by atoms with van der Waals surface area (Å²) in [6.07, 6.45) is 0.772. The van der Waals surface area contributed by atoms with Crippen LogP contribution in [0.2, 0.25) is 0 Å². The van der Waals surface area contributed by atoms with Crippen molar-refractivity contribution in [2.24, 2.45) is 5.73 Å². The van der Waals surface area contributed by atoms with Crippen LogP contribution in [0.1, 0.15) is 5.69 Å². The molecular weight excluding hydrogens is 193 g/mol. The maximum atomic E-state index is 12.7. The number of nitrogens with two attached hydrogens (primary N) is 1. The summed E-state index contributed by atoms with van der Waals surface area (Å²) in [5.41, 5.74) is 8.15. The molecule has 0 unspecified atom stereocenters. The van der Waals surface area contributed by atoms with E-state index < -0.39 is 0 Å². The molecule has 1 aromatic heterocycles. The Morgan fingerprint density at radius 2 is 2.00 bits per heavy atom. The average molecular weight is 205 g/mol. The highest BCUT2D eigenvalue weighted by atomic mass is 19.1. The van der Waals surface area contributed by atoms with Crippen molar-refractivity contribution in [2.75, 3.05) is 6.54 Å². The summed E-state index contributed by atoms with van der Waals surface area (Å²) in [4.78, 5) is 0. The number of rotatable bonds is 3. The third-order valence-corrected chi connectivity index (χ3v) is 2.18. The Bertz CT molecular complexity index is 433. The fourth-order valence-electron chi connectivity index (χ4n) is 1.41. The molecule has 4 heteroatoms. The van der Waals surface area contributed by atoms with Crippen LogP contribution in [0.4, 0.5) is 4.39 Å². The van der Waals surface area contributed by atoms with Crippen LogP contribution in [-0.2, 0) is 6.42 Å². The monoisotopic (exact) mass is 205 g/mol. The molecule has 0 atom stereocenters. The van der Waals surface area contributed by atoms with Gasteiger partial charge in [0.1, 0.15) is 5.82 Å². The molecule has 2 aromatic rings. The molecule has 0 amide bonds. The number of nitrogens with zero attached hydrogens (tertiary/aromatic N) is 1. The van der Waals surface area contributed by atoms with E-state index in [-0.39, 0.29) is 5.82 Å². The summed E-state index contributed by atoms with van der Waals surface area (Å²) >= 11 is 0. The molecule has 0 saturated heterocycles. The van der Waals surface area contributed by atoms with Gasteiger partial charge in [-0.25, -0.2) is 4.39 Å². The fraction of sp³-hybridized carbons (Fsp3) is 0.182. The first-order valence-corrected chi connectivity index (χ1v) is 4.80. The first-order chi connectivity index (χ1) is 7.29. The van der Waals surface area contributed by atoms with E-state index in [1.165, 1.54) is 12.1 Å². The highest BCUT2D eigenvalue weighted by Crippen LogP contribution is 2.17. The van der Waals surface area contributed by atoms with Gasteiger partial charge in [-0.05, 0) is 36.9 Å². The van der Waals surface area contributed by atoms with Gasteiger partial charge in [-0.2, -0.15) is 5.10 Å². The minimum absolute atomic E-state index is 0.239. The molecule has 78 valence electrons. The molecule has 0 fully saturated rings. The summed E-state index contributed by atoms with van der Waals surface area (Å²) in [6, 6.07) is 8.19. The van der Waals surface area contributed by atoms with Gasteiger partial charge >= 0.3 is 0 Å². The predicted octanol–water partition coefficient (Wildman–Crippen LogP) is 1.72. The summed E-state index contributed by atoms with van der Waals surface area (Å²) < 4.78 is 12.7. The maximum absolute atomic E-state index is 12.7. The second-order valence-corrected chi connectivity index (χ2v) is 3.32. The second kappa shape index (κ2) is 4.23. The normalized spacial score (nSPS) is 10.5. The van der Waals surface area contributed by atoms with Gasteiger partial charge in [0.25, 0.3) is 0 Å². The van der Waals surface area contributed by atoms with Gasteiger partial charge < -0.3 is 5.73 Å². The third-order valence-electron chi connectivity index (χ3n) is 2.18. The van der Waals surface area contributed by atoms with E-state index in [2.05, 4.69) is 10.2 Å². The van der Waals surface area contributed by atoms with Crippen LogP contribution in [0.5, 0.6) is 0 Å². The number of hydrogen-bond acceptors (Lipinski definition) is 2. The quantitative estimate of drug-likeness (QED) is 0.801. The molecule has 15 heavy (non-hydrogen) atoms. The van der Waals surface area contributed by atoms with Gasteiger partial charge in [0.2, 0.25) is 0 Å². The van der Waals surface area contributed by atoms with Crippen molar-refractivity contribution in [1.29, 1.82) is 0 Å². The van der Waals surface area contributed by atoms with Gasteiger partial charge in [0.15, 0.2) is 0 Å². The van der Waals surface area contributed by atoms with Crippen LogP contribution in [-0.4, -0.2) is 16.7 Å². The first-order valence-electron chi connectivity index (χ1n) is 4.80. The van der Waals surface area contributed by atoms with E-state index in [0.717, 1.165) is 23.4 Å². The van der Waals surface area contributed by atoms with Crippen LogP contribution in [0.15, 0.2) is 30.3 Å². The zero-order valence-corrected chi connectivity index (χ0v) is 8.20. The largest absolute Gasteiger partial charge is 0.330 e. The highest BCUT2D eigenvalue weighted by molar-refractivity contribution is 5.58. The van der Waals surface area contributed by atoms with E-state index in [4.69, 9.17) is 5.73 Å². The van der Waals surface area contributed by atoms with E-state index in [1.807, 2.05) is 6.07 Å². The Morgan fingerprint density at radius 1 is 1.27 bits per heavy atom. The lowest BCUT2D eigenvalue weighted by atomic mass is 10.1. The summed E-state index contributed by atoms with van der Waals surface area (Å²) in [6.45, 7) is 0.588. The molecule has 1 aromatic carbocycles. The number of halogens is 1. The van der Waals surface area contributed by atoms with Crippen molar-refractivity contribution in [3.63, 3.8) is 0 Å². The zero-order chi connectivity index (χ0) is 10.7. The lowest BCUT2D eigenvalue weighted by Crippen LogP contribution is -2.02. The van der Waals surface area contributed by atoms with Crippen molar-refractivity contribution in [2.45, 2.75) is 6.42 Å². The van der Waals surface area contributed by atoms with Crippen molar-refractivity contribution >= 4 is 0 Å². The molecule has 1 heterocycles. The van der Waals surface area contributed by atoms with Crippen LogP contribution in [0.3, 0.4) is 0 Å². The molecule has 0 spiro atoms. The number of hydrogen-bond donors (Lipinski definition) is 2. The van der Waals surface area contributed by atoms with Crippen molar-refractivity contribution in [1.82, 2.24) is 10.2 Å². The maximum Gasteiger partial charge on any atom is 0.123 e. The zero-order valence-electron chi connectivity index (χ0n) is 8.20. The Hall–Kier alpha value is -1.68. The fourth-order valence-corrected chi connectivity index (χ4v) is 1.41. The summed E-state index contributed by atoms with van der Waals surface area (Å²) in [7, 11) is 0. The summed E-state index contributed by atoms with van der Waals surface area (Å²) in [5, 5.41) is 7.03. The number of aromatic amines is 1. The Kier molecular flexibility index (Phi) is 2.78. The summed E-state index contributed by atoms with van der Waals surface area (Å²) in [5.74, 6) is -0.239. The lowest BCUT2D eigenvalue weighted by Gasteiger charge is -1.94. The van der Waals surface area contributed by atoms with Gasteiger partial charge in [-0.15, -0.1) is 0 Å². The SMILES string of the molecule is NCCc1cc(-c2ccc(F)cc2)n[nH]1. The van der Waals surface area contributed by atoms with E-state index in [1.54, 1.807) is 12.1 Å². The number of H-pyrrole nitrogens is 1. The molecule has 0 aliphatic heterocycles. The minimum atomic E-state index is -0.239. The average Bonchev–Trinajstić information content (AvgIpc) is 2.68. The van der Waals surface area contributed by atoms with Gasteiger partial charge in [-0.1, -0.05) is 0 Å². The molecule has 0 aliphatic carbocycles. The van der Waals surface area contributed by atoms with E-state index in [0.29, 0.717) is 6.54 Å². The van der Waals surface area contributed by atoms with E-state index >= 15 is 0 Å². The molecule has 3 nitrogen and oxygen atoms in total. The van der Waals surface area contributed by atoms with E-state index in [9.17, 15) is 4.39 Å². The molecule has 0 radical (unpaired) electrons. The van der Waals surface area contributed by atoms with Crippen molar-refractivity contribution in [3.8, 4) is 11.3 Å². The molecule has 0 aliphatic rings. The lowest BCUT2D eigenvalue weighted by molar-refractivity contribution is 0.628. The number of nitrogens with one attached hydrogen (secondary N) is 1. The molecule has 0 saturated carbocycles. The van der Waals surface area contributed by atoms with Gasteiger partial charge in [0, 0.05) is 17.7 Å². The Balaban J connectivity index is 2.25. The smallest absolute Gasteiger partial charge is 0.123 e. The van der Waals surface area contributed by atoms with Crippen molar-refractivity contribution in [3.05, 3.63) is 41.8 Å². The minimum Gasteiger partial charge on any atom is -0.330 e. The highest BCUT2D eigenvalue weighted by Gasteiger charge is 2.03. The van der Waals surface area contributed by atoms with Gasteiger partial charge in [-0.3, -0.25) is 5.10 Å². The standard InChI is InChI=1S/C11H12FN3/c12-9-3-1-8(2-4-9)11-7-10(5-6-13)14-15-11/h1-4,7H,5-6,13H2,(H,14,15). The Labute approximate surface area is 87.1 Å². The van der Waals surface area contributed by atoms with Crippen LogP contribution < -0.4 is 5.73 Å². The first kappa shape index (κ1) is 9.86. The van der Waals surface area contributed by atoms with Crippen molar-refractivity contribution < 1.29 is 4.39 Å². The topological polar surface area (TPSA) is 54.7 Å². The van der Waals surface area contributed by atoms with Crippen LogP contribution >= 0.6 is 0 Å². The number of aromatic nitrogens is 2. The second-order valence-electron chi connectivity index (χ2n) is 3.32. The third kappa shape index (κ3) is 2.22. The van der Waals surface area contributed by atoms with Crippen LogP contribution in [0.25, 0.3) is 11.3 Å². The molecule has 3 N–H and O–H groups in total.